The molecule has 2 aromatic rings. The zero-order chi connectivity index (χ0) is 13.8. The molecule has 0 spiro atoms. The summed E-state index contributed by atoms with van der Waals surface area (Å²) in [6, 6.07) is 3.03. The van der Waals surface area contributed by atoms with Crippen LogP contribution in [-0.2, 0) is 18.3 Å². The Kier molecular flexibility index (Phi) is 3.69. The molecule has 100 valence electrons. The maximum Gasteiger partial charge on any atom is 0.266 e. The van der Waals surface area contributed by atoms with Crippen molar-refractivity contribution in [1.82, 2.24) is 20.1 Å². The Bertz CT molecular complexity index is 646. The van der Waals surface area contributed by atoms with Crippen molar-refractivity contribution in [3.8, 4) is 0 Å². The minimum Gasteiger partial charge on any atom is -0.306 e. The van der Waals surface area contributed by atoms with E-state index in [4.69, 9.17) is 0 Å². The molecule has 0 aliphatic carbocycles. The lowest BCUT2D eigenvalue weighted by molar-refractivity contribution is -0.116. The van der Waals surface area contributed by atoms with Gasteiger partial charge >= 0.3 is 0 Å². The van der Waals surface area contributed by atoms with Crippen molar-refractivity contribution >= 4 is 11.7 Å². The van der Waals surface area contributed by atoms with Crippen LogP contribution in [0.25, 0.3) is 0 Å². The van der Waals surface area contributed by atoms with Crippen LogP contribution in [0.2, 0.25) is 0 Å². The van der Waals surface area contributed by atoms with E-state index in [0.29, 0.717) is 23.6 Å². The first-order valence-electron chi connectivity index (χ1n) is 5.68. The fraction of sp³-hybridized carbons (Fsp3) is 0.364. The van der Waals surface area contributed by atoms with E-state index in [9.17, 15) is 9.59 Å². The normalized spacial score (nSPS) is 10.4. The van der Waals surface area contributed by atoms with Crippen LogP contribution in [0.1, 0.15) is 17.8 Å². The molecule has 8 heteroatoms. The van der Waals surface area contributed by atoms with Crippen LogP contribution in [0.3, 0.4) is 0 Å². The molecule has 0 aromatic carbocycles. The van der Waals surface area contributed by atoms with Gasteiger partial charge in [-0.15, -0.1) is 0 Å². The largest absolute Gasteiger partial charge is 0.306 e. The van der Waals surface area contributed by atoms with E-state index >= 15 is 0 Å². The molecule has 1 amide bonds. The summed E-state index contributed by atoms with van der Waals surface area (Å²) in [5.41, 5.74) is 1.01. The minimum absolute atomic E-state index is 0.183. The van der Waals surface area contributed by atoms with Gasteiger partial charge in [0.1, 0.15) is 5.69 Å². The molecule has 0 saturated heterocycles. The zero-order valence-electron chi connectivity index (χ0n) is 10.6. The van der Waals surface area contributed by atoms with Crippen LogP contribution in [-0.4, -0.2) is 26.0 Å². The number of carbonyl (C=O) groups is 1. The number of nitrogens with one attached hydrogen (secondary N) is 1. The molecule has 0 radical (unpaired) electrons. The number of nitrogens with zero attached hydrogens (tertiary/aromatic N) is 4. The Labute approximate surface area is 108 Å². The summed E-state index contributed by atoms with van der Waals surface area (Å²) in [6.07, 6.45) is 0.668. The number of rotatable bonds is 4. The van der Waals surface area contributed by atoms with Crippen LogP contribution in [0.15, 0.2) is 21.6 Å². The summed E-state index contributed by atoms with van der Waals surface area (Å²) in [4.78, 5) is 22.8. The second kappa shape index (κ2) is 5.42. The molecule has 2 aromatic heterocycles. The van der Waals surface area contributed by atoms with E-state index in [1.54, 1.807) is 20.0 Å². The topological polar surface area (TPSA) is 103 Å². The number of amides is 1. The average molecular weight is 263 g/mol. The lowest BCUT2D eigenvalue weighted by Gasteiger charge is -2.03. The van der Waals surface area contributed by atoms with Crippen LogP contribution in [0.5, 0.6) is 0 Å². The highest BCUT2D eigenvalue weighted by molar-refractivity contribution is 5.90. The van der Waals surface area contributed by atoms with Gasteiger partial charge in [0.25, 0.3) is 5.56 Å². The SMILES string of the molecule is Cc1nonc1NC(=O)CCc1ccc(=O)n(C)n1. The van der Waals surface area contributed by atoms with Crippen molar-refractivity contribution in [3.05, 3.63) is 33.9 Å². The van der Waals surface area contributed by atoms with Gasteiger partial charge in [0.2, 0.25) is 5.91 Å². The second-order valence-corrected chi connectivity index (χ2v) is 4.03. The molecule has 0 unspecified atom stereocenters. The van der Waals surface area contributed by atoms with Gasteiger partial charge in [0, 0.05) is 26.0 Å². The summed E-state index contributed by atoms with van der Waals surface area (Å²) < 4.78 is 5.71. The number of carbonyl (C=O) groups excluding carboxylic acids is 1. The van der Waals surface area contributed by atoms with Gasteiger partial charge in [-0.25, -0.2) is 9.31 Å². The predicted molar refractivity (Wildman–Crippen MR) is 65.5 cm³/mol. The second-order valence-electron chi connectivity index (χ2n) is 4.03. The fourth-order valence-electron chi connectivity index (χ4n) is 1.47. The molecule has 2 heterocycles. The molecule has 19 heavy (non-hydrogen) atoms. The van der Waals surface area contributed by atoms with Crippen LogP contribution in [0, 0.1) is 6.92 Å². The summed E-state index contributed by atoms with van der Waals surface area (Å²) in [5.74, 6) is 0.105. The smallest absolute Gasteiger partial charge is 0.266 e. The average Bonchev–Trinajstić information content (AvgIpc) is 2.77. The lowest BCUT2D eigenvalue weighted by Crippen LogP contribution is -2.20. The zero-order valence-corrected chi connectivity index (χ0v) is 10.6. The number of anilines is 1. The van der Waals surface area contributed by atoms with Gasteiger partial charge in [-0.05, 0) is 18.1 Å². The third kappa shape index (κ3) is 3.24. The Morgan fingerprint density at radius 1 is 1.42 bits per heavy atom. The lowest BCUT2D eigenvalue weighted by atomic mass is 10.2. The van der Waals surface area contributed by atoms with Crippen LogP contribution in [0.4, 0.5) is 5.82 Å². The fourth-order valence-corrected chi connectivity index (χ4v) is 1.47. The first-order chi connectivity index (χ1) is 9.06. The van der Waals surface area contributed by atoms with Gasteiger partial charge < -0.3 is 5.32 Å². The Hall–Kier alpha value is -2.51. The summed E-state index contributed by atoms with van der Waals surface area (Å²) >= 11 is 0. The molecule has 0 fully saturated rings. The number of aryl methyl sites for hydroxylation is 3. The molecule has 0 atom stereocenters. The van der Waals surface area contributed by atoms with Gasteiger partial charge in [-0.2, -0.15) is 5.10 Å². The highest BCUT2D eigenvalue weighted by atomic mass is 16.6. The standard InChI is InChI=1S/C11H13N5O3/c1-7-11(15-19-14-7)12-9(17)5-3-8-4-6-10(18)16(2)13-8/h4,6H,3,5H2,1-2H3,(H,12,15,17). The highest BCUT2D eigenvalue weighted by Gasteiger charge is 2.10. The first-order valence-corrected chi connectivity index (χ1v) is 5.68. The maximum absolute atomic E-state index is 11.7. The number of hydrogen-bond donors (Lipinski definition) is 1. The molecular weight excluding hydrogens is 250 g/mol. The minimum atomic E-state index is -0.213. The van der Waals surface area contributed by atoms with E-state index in [1.807, 2.05) is 0 Å². The predicted octanol–water partition coefficient (Wildman–Crippen LogP) is 0.0430. The van der Waals surface area contributed by atoms with E-state index < -0.39 is 0 Å². The van der Waals surface area contributed by atoms with Crippen molar-refractivity contribution < 1.29 is 9.42 Å². The van der Waals surface area contributed by atoms with Crippen molar-refractivity contribution in [3.63, 3.8) is 0 Å². The van der Waals surface area contributed by atoms with Gasteiger partial charge in [-0.1, -0.05) is 5.16 Å². The Balaban J connectivity index is 1.91. The summed E-state index contributed by atoms with van der Waals surface area (Å²) in [5, 5.41) is 13.7. The molecule has 1 N–H and O–H groups in total. The molecule has 0 aliphatic rings. The van der Waals surface area contributed by atoms with Crippen molar-refractivity contribution in [1.29, 1.82) is 0 Å². The molecule has 2 rings (SSSR count). The monoisotopic (exact) mass is 263 g/mol. The third-order valence-corrected chi connectivity index (χ3v) is 2.53. The number of aromatic nitrogens is 4. The maximum atomic E-state index is 11.7. The first kappa shape index (κ1) is 12.9. The molecule has 0 bridgehead atoms. The third-order valence-electron chi connectivity index (χ3n) is 2.53. The van der Waals surface area contributed by atoms with E-state index in [0.717, 1.165) is 0 Å². The highest BCUT2D eigenvalue weighted by Crippen LogP contribution is 2.08. The van der Waals surface area contributed by atoms with Gasteiger partial charge in [0.15, 0.2) is 5.82 Å². The van der Waals surface area contributed by atoms with Gasteiger partial charge in [-0.3, -0.25) is 9.59 Å². The van der Waals surface area contributed by atoms with Gasteiger partial charge in [0.05, 0.1) is 5.69 Å². The van der Waals surface area contributed by atoms with Crippen molar-refractivity contribution in [2.45, 2.75) is 19.8 Å². The van der Waals surface area contributed by atoms with Crippen LogP contribution >= 0.6 is 0 Å². The summed E-state index contributed by atoms with van der Waals surface area (Å²) in [6.45, 7) is 1.68. The molecular formula is C11H13N5O3. The van der Waals surface area contributed by atoms with Crippen LogP contribution < -0.4 is 10.9 Å². The quantitative estimate of drug-likeness (QED) is 0.835. The van der Waals surface area contributed by atoms with E-state index in [1.165, 1.54) is 10.7 Å². The summed E-state index contributed by atoms with van der Waals surface area (Å²) in [7, 11) is 1.57. The molecule has 0 aliphatic heterocycles. The van der Waals surface area contributed by atoms with Crippen molar-refractivity contribution in [2.75, 3.05) is 5.32 Å². The van der Waals surface area contributed by atoms with E-state index in [-0.39, 0.29) is 17.9 Å². The molecule has 8 nitrogen and oxygen atoms in total. The number of hydrogen-bond acceptors (Lipinski definition) is 6. The van der Waals surface area contributed by atoms with Crippen molar-refractivity contribution in [2.24, 2.45) is 7.05 Å². The molecule has 0 saturated carbocycles. The Morgan fingerprint density at radius 2 is 2.21 bits per heavy atom. The van der Waals surface area contributed by atoms with E-state index in [2.05, 4.69) is 25.4 Å². The Morgan fingerprint density at radius 3 is 2.84 bits per heavy atom.